The molecule has 0 aliphatic carbocycles. The quantitative estimate of drug-likeness (QED) is 0.164. The number of hydrogen-bond donors (Lipinski definition) is 7. The van der Waals surface area contributed by atoms with Crippen LogP contribution >= 0.6 is 0 Å². The van der Waals surface area contributed by atoms with Crippen molar-refractivity contribution in [2.45, 2.75) is 77.5 Å². The Kier molecular flexibility index (Phi) is 11.9. The number of amides is 3. The second-order valence-corrected chi connectivity index (χ2v) is 8.95. The molecule has 5 atom stereocenters. The van der Waals surface area contributed by atoms with Crippen molar-refractivity contribution < 1.29 is 34.2 Å². The molecule has 3 amide bonds. The van der Waals surface area contributed by atoms with Crippen LogP contribution in [0.15, 0.2) is 12.5 Å². The van der Waals surface area contributed by atoms with Crippen molar-refractivity contribution in [1.29, 1.82) is 0 Å². The standard InChI is InChI=1S/C22H36N6O7/c1-5-12(4)18(21(33)27-16(22(34)35)8-17(29)30)28-20(32)15(6-11(2)3)26-19(31)14(23)7-13-9-24-10-25-13/h9-12,14-16,18H,5-8,23H2,1-4H3,(H,24,25)(H,26,31)(H,27,33)(H,28,32)(H,29,30)(H,34,35). The number of aliphatic carboxylic acids is 2. The SMILES string of the molecule is CCC(C)C(NC(=O)C(CC(C)C)NC(=O)C(N)Cc1cnc[nH]1)C(=O)NC(CC(=O)O)C(=O)O. The first kappa shape index (κ1) is 29.6. The van der Waals surface area contributed by atoms with Crippen molar-refractivity contribution in [2.24, 2.45) is 17.6 Å². The predicted molar refractivity (Wildman–Crippen MR) is 125 cm³/mol. The van der Waals surface area contributed by atoms with E-state index < -0.39 is 66.2 Å². The third-order valence-corrected chi connectivity index (χ3v) is 5.46. The summed E-state index contributed by atoms with van der Waals surface area (Å²) in [4.78, 5) is 67.6. The van der Waals surface area contributed by atoms with E-state index in [0.29, 0.717) is 12.1 Å². The lowest BCUT2D eigenvalue weighted by Crippen LogP contribution is -2.59. The number of carboxylic acids is 2. The lowest BCUT2D eigenvalue weighted by atomic mass is 9.96. The molecule has 0 fully saturated rings. The van der Waals surface area contributed by atoms with Gasteiger partial charge < -0.3 is 36.9 Å². The maximum Gasteiger partial charge on any atom is 0.326 e. The molecule has 0 aliphatic rings. The van der Waals surface area contributed by atoms with Crippen LogP contribution in [-0.4, -0.2) is 74.0 Å². The van der Waals surface area contributed by atoms with Crippen LogP contribution in [0.1, 0.15) is 52.7 Å². The zero-order valence-electron chi connectivity index (χ0n) is 20.4. The molecule has 0 saturated heterocycles. The molecule has 8 N–H and O–H groups in total. The summed E-state index contributed by atoms with van der Waals surface area (Å²) in [5, 5.41) is 25.6. The number of H-pyrrole nitrogens is 1. The Bertz CT molecular complexity index is 874. The lowest BCUT2D eigenvalue weighted by Gasteiger charge is -2.28. The molecule has 13 nitrogen and oxygen atoms in total. The van der Waals surface area contributed by atoms with Crippen LogP contribution in [0.25, 0.3) is 0 Å². The van der Waals surface area contributed by atoms with E-state index in [1.54, 1.807) is 13.8 Å². The van der Waals surface area contributed by atoms with Gasteiger partial charge in [0.2, 0.25) is 17.7 Å². The summed E-state index contributed by atoms with van der Waals surface area (Å²) >= 11 is 0. The Morgan fingerprint density at radius 2 is 1.63 bits per heavy atom. The normalized spacial score (nSPS) is 15.4. The van der Waals surface area contributed by atoms with Crippen molar-refractivity contribution in [3.05, 3.63) is 18.2 Å². The smallest absolute Gasteiger partial charge is 0.326 e. The van der Waals surface area contributed by atoms with Gasteiger partial charge in [0.05, 0.1) is 18.8 Å². The number of aromatic amines is 1. The Balaban J connectivity index is 2.98. The number of carboxylic acid groups (broad SMARTS) is 2. The predicted octanol–water partition coefficient (Wildman–Crippen LogP) is -0.615. The minimum atomic E-state index is -1.66. The van der Waals surface area contributed by atoms with Crippen LogP contribution < -0.4 is 21.7 Å². The van der Waals surface area contributed by atoms with E-state index in [9.17, 15) is 29.1 Å². The third kappa shape index (κ3) is 10.1. The fourth-order valence-corrected chi connectivity index (χ4v) is 3.30. The maximum absolute atomic E-state index is 13.1. The van der Waals surface area contributed by atoms with Crippen LogP contribution in [0.3, 0.4) is 0 Å². The van der Waals surface area contributed by atoms with Crippen molar-refractivity contribution >= 4 is 29.7 Å². The van der Waals surface area contributed by atoms with E-state index in [1.807, 2.05) is 13.8 Å². The van der Waals surface area contributed by atoms with Gasteiger partial charge in [-0.3, -0.25) is 19.2 Å². The van der Waals surface area contributed by atoms with E-state index >= 15 is 0 Å². The van der Waals surface area contributed by atoms with Crippen molar-refractivity contribution in [3.63, 3.8) is 0 Å². The second-order valence-electron chi connectivity index (χ2n) is 8.95. The highest BCUT2D eigenvalue weighted by molar-refractivity contribution is 5.94. The molecule has 0 radical (unpaired) electrons. The molecule has 0 aromatic carbocycles. The largest absolute Gasteiger partial charge is 0.481 e. The summed E-state index contributed by atoms with van der Waals surface area (Å²) in [6.45, 7) is 7.19. The molecule has 196 valence electrons. The number of carbonyl (C=O) groups excluding carboxylic acids is 3. The first-order valence-electron chi connectivity index (χ1n) is 11.4. The van der Waals surface area contributed by atoms with Crippen molar-refractivity contribution in [1.82, 2.24) is 25.9 Å². The third-order valence-electron chi connectivity index (χ3n) is 5.46. The topological polar surface area (TPSA) is 217 Å². The Morgan fingerprint density at radius 1 is 1.00 bits per heavy atom. The first-order valence-corrected chi connectivity index (χ1v) is 11.4. The highest BCUT2D eigenvalue weighted by atomic mass is 16.4. The van der Waals surface area contributed by atoms with Crippen molar-refractivity contribution in [3.8, 4) is 0 Å². The van der Waals surface area contributed by atoms with Gasteiger partial charge in [-0.15, -0.1) is 0 Å². The number of carbonyl (C=O) groups is 5. The number of hydrogen-bond acceptors (Lipinski definition) is 7. The number of nitrogens with zero attached hydrogens (tertiary/aromatic N) is 1. The summed E-state index contributed by atoms with van der Waals surface area (Å²) in [5.41, 5.74) is 6.62. The average molecular weight is 497 g/mol. The van der Waals surface area contributed by atoms with Gasteiger partial charge in [-0.2, -0.15) is 0 Å². The summed E-state index contributed by atoms with van der Waals surface area (Å²) in [6, 6.07) is -4.74. The molecule has 1 heterocycles. The van der Waals surface area contributed by atoms with Gasteiger partial charge in [0.25, 0.3) is 0 Å². The molecule has 5 unspecified atom stereocenters. The molecular formula is C22H36N6O7. The number of imidazole rings is 1. The lowest BCUT2D eigenvalue weighted by molar-refractivity contribution is -0.147. The average Bonchev–Trinajstić information content (AvgIpc) is 3.27. The fraction of sp³-hybridized carbons (Fsp3) is 0.636. The minimum absolute atomic E-state index is 0.0118. The van der Waals surface area contributed by atoms with E-state index in [2.05, 4.69) is 25.9 Å². The number of rotatable bonds is 15. The van der Waals surface area contributed by atoms with Crippen LogP contribution in [-0.2, 0) is 30.4 Å². The zero-order chi connectivity index (χ0) is 26.7. The Hall–Kier alpha value is -3.48. The number of nitrogens with one attached hydrogen (secondary N) is 4. The van der Waals surface area contributed by atoms with E-state index in [1.165, 1.54) is 12.5 Å². The highest BCUT2D eigenvalue weighted by Gasteiger charge is 2.33. The first-order chi connectivity index (χ1) is 16.3. The summed E-state index contributed by atoms with van der Waals surface area (Å²) in [6.07, 6.45) is 3.09. The van der Waals surface area contributed by atoms with Gasteiger partial charge >= 0.3 is 11.9 Å². The van der Waals surface area contributed by atoms with Gasteiger partial charge in [-0.1, -0.05) is 34.1 Å². The monoisotopic (exact) mass is 496 g/mol. The molecule has 13 heteroatoms. The second kappa shape index (κ2) is 14.0. The van der Waals surface area contributed by atoms with Gasteiger partial charge in [-0.05, 0) is 18.3 Å². The summed E-state index contributed by atoms with van der Waals surface area (Å²) < 4.78 is 0. The molecular weight excluding hydrogens is 460 g/mol. The fourth-order valence-electron chi connectivity index (χ4n) is 3.30. The molecule has 0 aliphatic heterocycles. The summed E-state index contributed by atoms with van der Waals surface area (Å²) in [5.74, 6) is -5.32. The van der Waals surface area contributed by atoms with Gasteiger partial charge in [-0.25, -0.2) is 9.78 Å². The van der Waals surface area contributed by atoms with Gasteiger partial charge in [0, 0.05) is 18.3 Å². The number of nitrogens with two attached hydrogens (primary N) is 1. The summed E-state index contributed by atoms with van der Waals surface area (Å²) in [7, 11) is 0. The van der Waals surface area contributed by atoms with E-state index in [4.69, 9.17) is 10.8 Å². The maximum atomic E-state index is 13.1. The molecule has 1 aromatic rings. The zero-order valence-corrected chi connectivity index (χ0v) is 20.4. The molecule has 0 spiro atoms. The van der Waals surface area contributed by atoms with Crippen LogP contribution in [0.2, 0.25) is 0 Å². The van der Waals surface area contributed by atoms with Crippen molar-refractivity contribution in [2.75, 3.05) is 0 Å². The van der Waals surface area contributed by atoms with E-state index in [0.717, 1.165) is 0 Å². The Labute approximate surface area is 203 Å². The number of aromatic nitrogens is 2. The molecule has 1 rings (SSSR count). The minimum Gasteiger partial charge on any atom is -0.481 e. The van der Waals surface area contributed by atoms with Gasteiger partial charge in [0.15, 0.2) is 0 Å². The van der Waals surface area contributed by atoms with Crippen LogP contribution in [0, 0.1) is 11.8 Å². The molecule has 0 bridgehead atoms. The highest BCUT2D eigenvalue weighted by Crippen LogP contribution is 2.12. The van der Waals surface area contributed by atoms with Gasteiger partial charge in [0.1, 0.15) is 18.1 Å². The van der Waals surface area contributed by atoms with Crippen LogP contribution in [0.5, 0.6) is 0 Å². The van der Waals surface area contributed by atoms with Crippen LogP contribution in [0.4, 0.5) is 0 Å². The van der Waals surface area contributed by atoms with E-state index in [-0.39, 0.29) is 18.8 Å². The molecule has 0 saturated carbocycles. The molecule has 35 heavy (non-hydrogen) atoms. The Morgan fingerprint density at radius 3 is 2.11 bits per heavy atom. The molecule has 1 aromatic heterocycles.